The first-order chi connectivity index (χ1) is 10.3. The summed E-state index contributed by atoms with van der Waals surface area (Å²) in [4.78, 5) is 11.8. The second-order valence-corrected chi connectivity index (χ2v) is 5.23. The van der Waals surface area contributed by atoms with Crippen LogP contribution in [0.15, 0.2) is 48.5 Å². The summed E-state index contributed by atoms with van der Waals surface area (Å²) in [6.07, 6.45) is 0. The first-order valence-electron chi connectivity index (χ1n) is 7.18. The molecule has 4 heteroatoms. The van der Waals surface area contributed by atoms with Gasteiger partial charge in [-0.3, -0.25) is 0 Å². The highest BCUT2D eigenvalue weighted by molar-refractivity contribution is 5.73. The maximum absolute atomic E-state index is 11.8. The van der Waals surface area contributed by atoms with Crippen molar-refractivity contribution in [2.75, 3.05) is 0 Å². The molecule has 2 amide bonds. The van der Waals surface area contributed by atoms with E-state index in [1.807, 2.05) is 30.3 Å². The number of fused-ring (bicyclic) bond motifs is 1. The SMILES string of the molecule is O=C(NCc1ccccc1)NCc1ccc2c(c1)CNC2. The molecule has 0 spiro atoms. The maximum atomic E-state index is 11.8. The fourth-order valence-electron chi connectivity index (χ4n) is 2.48. The fraction of sp³-hybridized carbons (Fsp3) is 0.235. The summed E-state index contributed by atoms with van der Waals surface area (Å²) >= 11 is 0. The van der Waals surface area contributed by atoms with Crippen LogP contribution in [0.4, 0.5) is 4.79 Å². The highest BCUT2D eigenvalue weighted by atomic mass is 16.2. The molecule has 0 unspecified atom stereocenters. The van der Waals surface area contributed by atoms with Gasteiger partial charge in [-0.05, 0) is 22.3 Å². The van der Waals surface area contributed by atoms with E-state index in [0.717, 1.165) is 24.2 Å². The van der Waals surface area contributed by atoms with E-state index in [2.05, 4.69) is 34.1 Å². The second-order valence-electron chi connectivity index (χ2n) is 5.23. The lowest BCUT2D eigenvalue weighted by atomic mass is 10.1. The Morgan fingerprint density at radius 2 is 1.62 bits per heavy atom. The number of hydrogen-bond donors (Lipinski definition) is 3. The van der Waals surface area contributed by atoms with Crippen molar-refractivity contribution in [3.05, 3.63) is 70.8 Å². The minimum atomic E-state index is -0.141. The first kappa shape index (κ1) is 13.6. The molecule has 0 fully saturated rings. The summed E-state index contributed by atoms with van der Waals surface area (Å²) < 4.78 is 0. The zero-order valence-electron chi connectivity index (χ0n) is 11.9. The van der Waals surface area contributed by atoms with Gasteiger partial charge in [0.15, 0.2) is 0 Å². The molecule has 2 aromatic rings. The zero-order chi connectivity index (χ0) is 14.5. The van der Waals surface area contributed by atoms with Crippen molar-refractivity contribution in [2.24, 2.45) is 0 Å². The Morgan fingerprint density at radius 1 is 0.905 bits per heavy atom. The second kappa shape index (κ2) is 6.41. The van der Waals surface area contributed by atoms with Crippen LogP contribution in [0.1, 0.15) is 22.3 Å². The van der Waals surface area contributed by atoms with Crippen molar-refractivity contribution in [3.8, 4) is 0 Å². The van der Waals surface area contributed by atoms with E-state index in [1.54, 1.807) is 0 Å². The highest BCUT2D eigenvalue weighted by Crippen LogP contribution is 2.16. The van der Waals surface area contributed by atoms with E-state index in [1.165, 1.54) is 11.1 Å². The topological polar surface area (TPSA) is 53.2 Å². The van der Waals surface area contributed by atoms with Crippen LogP contribution in [-0.2, 0) is 26.2 Å². The van der Waals surface area contributed by atoms with Crippen molar-refractivity contribution in [1.82, 2.24) is 16.0 Å². The molecule has 2 aromatic carbocycles. The van der Waals surface area contributed by atoms with Gasteiger partial charge in [0.25, 0.3) is 0 Å². The standard InChI is InChI=1S/C17H19N3O/c21-17(19-9-13-4-2-1-3-5-13)20-10-14-6-7-15-11-18-12-16(15)8-14/h1-8,18H,9-12H2,(H2,19,20,21). The molecule has 0 saturated heterocycles. The van der Waals surface area contributed by atoms with E-state index in [-0.39, 0.29) is 6.03 Å². The number of urea groups is 1. The average Bonchev–Trinajstić information content (AvgIpc) is 2.99. The number of benzene rings is 2. The smallest absolute Gasteiger partial charge is 0.315 e. The van der Waals surface area contributed by atoms with Crippen LogP contribution >= 0.6 is 0 Å². The Bertz CT molecular complexity index is 625. The Morgan fingerprint density at radius 3 is 2.43 bits per heavy atom. The molecule has 3 rings (SSSR count). The minimum Gasteiger partial charge on any atom is -0.334 e. The Balaban J connectivity index is 1.47. The van der Waals surface area contributed by atoms with Gasteiger partial charge in [-0.15, -0.1) is 0 Å². The summed E-state index contributed by atoms with van der Waals surface area (Å²) in [6.45, 7) is 2.96. The number of rotatable bonds is 4. The molecule has 0 atom stereocenters. The third-order valence-electron chi connectivity index (χ3n) is 3.65. The number of carbonyl (C=O) groups excluding carboxylic acids is 1. The van der Waals surface area contributed by atoms with E-state index in [0.29, 0.717) is 13.1 Å². The molecule has 0 bridgehead atoms. The van der Waals surface area contributed by atoms with E-state index in [9.17, 15) is 4.79 Å². The molecule has 1 heterocycles. The van der Waals surface area contributed by atoms with Gasteiger partial charge in [0.1, 0.15) is 0 Å². The highest BCUT2D eigenvalue weighted by Gasteiger charge is 2.10. The average molecular weight is 281 g/mol. The Kier molecular flexibility index (Phi) is 4.17. The minimum absolute atomic E-state index is 0.141. The largest absolute Gasteiger partial charge is 0.334 e. The summed E-state index contributed by atoms with van der Waals surface area (Å²) in [6, 6.07) is 16.1. The summed E-state index contributed by atoms with van der Waals surface area (Å²) in [5, 5.41) is 9.07. The van der Waals surface area contributed by atoms with Crippen molar-refractivity contribution >= 4 is 6.03 Å². The monoisotopic (exact) mass is 281 g/mol. The van der Waals surface area contributed by atoms with Crippen LogP contribution in [0.2, 0.25) is 0 Å². The van der Waals surface area contributed by atoms with Crippen LogP contribution in [-0.4, -0.2) is 6.03 Å². The van der Waals surface area contributed by atoms with Crippen LogP contribution in [0.25, 0.3) is 0 Å². The van der Waals surface area contributed by atoms with E-state index >= 15 is 0 Å². The van der Waals surface area contributed by atoms with Crippen molar-refractivity contribution in [1.29, 1.82) is 0 Å². The molecule has 21 heavy (non-hydrogen) atoms. The fourth-order valence-corrected chi connectivity index (χ4v) is 2.48. The first-order valence-corrected chi connectivity index (χ1v) is 7.18. The molecule has 0 aliphatic carbocycles. The quantitative estimate of drug-likeness (QED) is 0.805. The molecule has 0 saturated carbocycles. The van der Waals surface area contributed by atoms with E-state index < -0.39 is 0 Å². The van der Waals surface area contributed by atoms with Gasteiger partial charge in [0, 0.05) is 26.2 Å². The molecular weight excluding hydrogens is 262 g/mol. The van der Waals surface area contributed by atoms with Gasteiger partial charge in [-0.2, -0.15) is 0 Å². The van der Waals surface area contributed by atoms with Gasteiger partial charge in [-0.25, -0.2) is 4.79 Å². The molecule has 1 aliphatic heterocycles. The summed E-state index contributed by atoms with van der Waals surface area (Å²) in [5.74, 6) is 0. The summed E-state index contributed by atoms with van der Waals surface area (Å²) in [7, 11) is 0. The normalized spacial score (nSPS) is 12.8. The number of hydrogen-bond acceptors (Lipinski definition) is 2. The van der Waals surface area contributed by atoms with Crippen molar-refractivity contribution < 1.29 is 4.79 Å². The van der Waals surface area contributed by atoms with Gasteiger partial charge in [0.2, 0.25) is 0 Å². The molecule has 0 aromatic heterocycles. The zero-order valence-corrected chi connectivity index (χ0v) is 11.9. The molecular formula is C17H19N3O. The van der Waals surface area contributed by atoms with Crippen LogP contribution in [0.5, 0.6) is 0 Å². The van der Waals surface area contributed by atoms with Crippen molar-refractivity contribution in [2.45, 2.75) is 26.2 Å². The Hall–Kier alpha value is -2.33. The van der Waals surface area contributed by atoms with Crippen LogP contribution in [0.3, 0.4) is 0 Å². The predicted molar refractivity (Wildman–Crippen MR) is 82.5 cm³/mol. The lowest BCUT2D eigenvalue weighted by molar-refractivity contribution is 0.240. The van der Waals surface area contributed by atoms with E-state index in [4.69, 9.17) is 0 Å². The molecule has 3 N–H and O–H groups in total. The Labute approximate surface area is 124 Å². The molecule has 108 valence electrons. The van der Waals surface area contributed by atoms with Crippen molar-refractivity contribution in [3.63, 3.8) is 0 Å². The third-order valence-corrected chi connectivity index (χ3v) is 3.65. The lowest BCUT2D eigenvalue weighted by Crippen LogP contribution is -2.34. The predicted octanol–water partition coefficient (Wildman–Crippen LogP) is 2.29. The van der Waals surface area contributed by atoms with Gasteiger partial charge >= 0.3 is 6.03 Å². The third kappa shape index (κ3) is 3.61. The van der Waals surface area contributed by atoms with Gasteiger partial charge in [0.05, 0.1) is 0 Å². The van der Waals surface area contributed by atoms with Crippen LogP contribution < -0.4 is 16.0 Å². The molecule has 1 aliphatic rings. The van der Waals surface area contributed by atoms with Gasteiger partial charge < -0.3 is 16.0 Å². The number of nitrogens with one attached hydrogen (secondary N) is 3. The van der Waals surface area contributed by atoms with Gasteiger partial charge in [-0.1, -0.05) is 48.5 Å². The number of carbonyl (C=O) groups is 1. The number of amides is 2. The molecule has 0 radical (unpaired) electrons. The maximum Gasteiger partial charge on any atom is 0.315 e. The lowest BCUT2D eigenvalue weighted by Gasteiger charge is -2.09. The summed E-state index contributed by atoms with van der Waals surface area (Å²) in [5.41, 5.74) is 4.91. The molecule has 4 nitrogen and oxygen atoms in total. The van der Waals surface area contributed by atoms with Crippen LogP contribution in [0, 0.1) is 0 Å².